The summed E-state index contributed by atoms with van der Waals surface area (Å²) in [6, 6.07) is 0.673. The van der Waals surface area contributed by atoms with Gasteiger partial charge < -0.3 is 15.5 Å². The summed E-state index contributed by atoms with van der Waals surface area (Å²) in [5, 5.41) is 7.13. The first-order chi connectivity index (χ1) is 6.49. The van der Waals surface area contributed by atoms with Gasteiger partial charge in [0.2, 0.25) is 0 Å². The Morgan fingerprint density at radius 1 is 1.43 bits per heavy atom. The Morgan fingerprint density at radius 3 is 2.64 bits per heavy atom. The van der Waals surface area contributed by atoms with Gasteiger partial charge in [-0.25, -0.2) is 0 Å². The van der Waals surface area contributed by atoms with Crippen LogP contribution in [-0.2, 0) is 0 Å². The Bertz CT molecular complexity index is 166. The lowest BCUT2D eigenvalue weighted by Gasteiger charge is -2.18. The van der Waals surface area contributed by atoms with Crippen LogP contribution in [0.1, 0.15) is 26.7 Å². The van der Waals surface area contributed by atoms with Gasteiger partial charge in [0.1, 0.15) is 0 Å². The highest BCUT2D eigenvalue weighted by Crippen LogP contribution is 2.17. The molecule has 1 heterocycles. The largest absolute Gasteiger partial charge is 0.313 e. The molecule has 3 nitrogen and oxygen atoms in total. The summed E-state index contributed by atoms with van der Waals surface area (Å²) >= 11 is 0. The number of hydrogen-bond donors (Lipinski definition) is 2. The summed E-state index contributed by atoms with van der Waals surface area (Å²) in [6.07, 6.45) is 2.49. The molecule has 1 aliphatic heterocycles. The van der Waals surface area contributed by atoms with Gasteiger partial charge in [-0.1, -0.05) is 0 Å². The molecular formula is C11H25N3. The van der Waals surface area contributed by atoms with Crippen molar-refractivity contribution in [3.63, 3.8) is 0 Å². The molecule has 14 heavy (non-hydrogen) atoms. The molecule has 0 amide bonds. The average Bonchev–Trinajstić information content (AvgIpc) is 2.39. The SMILES string of the molecule is CN(C)CCCNC1CNC(C)(C)C1. The van der Waals surface area contributed by atoms with E-state index in [4.69, 9.17) is 0 Å². The summed E-state index contributed by atoms with van der Waals surface area (Å²) in [7, 11) is 4.25. The van der Waals surface area contributed by atoms with Gasteiger partial charge in [-0.05, 0) is 53.9 Å². The molecule has 3 heteroatoms. The Kier molecular flexibility index (Phi) is 4.35. The maximum absolute atomic E-state index is 3.60. The van der Waals surface area contributed by atoms with Crippen molar-refractivity contribution in [2.24, 2.45) is 0 Å². The fraction of sp³-hybridized carbons (Fsp3) is 1.00. The molecule has 1 aliphatic rings. The maximum atomic E-state index is 3.60. The van der Waals surface area contributed by atoms with Crippen molar-refractivity contribution < 1.29 is 0 Å². The summed E-state index contributed by atoms with van der Waals surface area (Å²) in [5.74, 6) is 0. The third-order valence-electron chi connectivity index (χ3n) is 2.80. The first-order valence-corrected chi connectivity index (χ1v) is 5.63. The standard InChI is InChI=1S/C11H25N3/c1-11(2)8-10(9-13-11)12-6-5-7-14(3)4/h10,12-13H,5-9H2,1-4H3. The second-order valence-corrected chi connectivity index (χ2v) is 5.28. The summed E-state index contributed by atoms with van der Waals surface area (Å²) in [5.41, 5.74) is 0.333. The van der Waals surface area contributed by atoms with Crippen LogP contribution in [0.5, 0.6) is 0 Å². The molecule has 0 spiro atoms. The molecule has 2 N–H and O–H groups in total. The molecule has 0 aliphatic carbocycles. The lowest BCUT2D eigenvalue weighted by atomic mass is 10.0. The Morgan fingerprint density at radius 2 is 2.14 bits per heavy atom. The van der Waals surface area contributed by atoms with Gasteiger partial charge in [0.25, 0.3) is 0 Å². The van der Waals surface area contributed by atoms with Gasteiger partial charge in [0.05, 0.1) is 0 Å². The summed E-state index contributed by atoms with van der Waals surface area (Å²) in [6.45, 7) is 7.98. The van der Waals surface area contributed by atoms with E-state index in [0.29, 0.717) is 11.6 Å². The van der Waals surface area contributed by atoms with Crippen LogP contribution in [-0.4, -0.2) is 50.2 Å². The number of rotatable bonds is 5. The quantitative estimate of drug-likeness (QED) is 0.637. The van der Waals surface area contributed by atoms with Crippen molar-refractivity contribution in [1.29, 1.82) is 0 Å². The highest BCUT2D eigenvalue weighted by atomic mass is 15.1. The summed E-state index contributed by atoms with van der Waals surface area (Å²) < 4.78 is 0. The minimum atomic E-state index is 0.333. The second kappa shape index (κ2) is 5.10. The molecule has 0 bridgehead atoms. The van der Waals surface area contributed by atoms with Crippen LogP contribution in [0.3, 0.4) is 0 Å². The van der Waals surface area contributed by atoms with Gasteiger partial charge >= 0.3 is 0 Å². The van der Waals surface area contributed by atoms with Crippen LogP contribution in [0.2, 0.25) is 0 Å². The first-order valence-electron chi connectivity index (χ1n) is 5.63. The average molecular weight is 199 g/mol. The van der Waals surface area contributed by atoms with E-state index < -0.39 is 0 Å². The third kappa shape index (κ3) is 4.40. The molecule has 1 fully saturated rings. The molecule has 1 saturated heterocycles. The van der Waals surface area contributed by atoms with Gasteiger partial charge in [-0.3, -0.25) is 0 Å². The van der Waals surface area contributed by atoms with E-state index in [2.05, 4.69) is 43.5 Å². The van der Waals surface area contributed by atoms with Crippen LogP contribution in [0, 0.1) is 0 Å². The molecule has 0 aromatic carbocycles. The van der Waals surface area contributed by atoms with E-state index in [1.165, 1.54) is 19.4 Å². The smallest absolute Gasteiger partial charge is 0.0210 e. The Hall–Kier alpha value is -0.120. The Labute approximate surface area is 88.2 Å². The lowest BCUT2D eigenvalue weighted by molar-refractivity contribution is 0.384. The molecule has 0 aromatic heterocycles. The minimum Gasteiger partial charge on any atom is -0.313 e. The van der Waals surface area contributed by atoms with Crippen LogP contribution in [0.4, 0.5) is 0 Å². The zero-order valence-corrected chi connectivity index (χ0v) is 10.1. The van der Waals surface area contributed by atoms with Crippen molar-refractivity contribution in [2.75, 3.05) is 33.7 Å². The Balaban J connectivity index is 2.03. The van der Waals surface area contributed by atoms with E-state index in [1.807, 2.05) is 0 Å². The molecule has 1 unspecified atom stereocenters. The first kappa shape index (κ1) is 12.0. The molecule has 1 atom stereocenters. The number of nitrogens with one attached hydrogen (secondary N) is 2. The lowest BCUT2D eigenvalue weighted by Crippen LogP contribution is -2.32. The maximum Gasteiger partial charge on any atom is 0.0210 e. The topological polar surface area (TPSA) is 27.3 Å². The van der Waals surface area contributed by atoms with E-state index in [9.17, 15) is 0 Å². The van der Waals surface area contributed by atoms with Crippen molar-refractivity contribution >= 4 is 0 Å². The highest BCUT2D eigenvalue weighted by Gasteiger charge is 2.29. The van der Waals surface area contributed by atoms with Crippen LogP contribution >= 0.6 is 0 Å². The fourth-order valence-electron chi connectivity index (χ4n) is 2.01. The zero-order valence-electron chi connectivity index (χ0n) is 10.1. The number of nitrogens with zero attached hydrogens (tertiary/aromatic N) is 1. The molecule has 1 rings (SSSR count). The van der Waals surface area contributed by atoms with E-state index in [0.717, 1.165) is 13.1 Å². The predicted octanol–water partition coefficient (Wildman–Crippen LogP) is 0.668. The molecule has 0 aromatic rings. The van der Waals surface area contributed by atoms with Crippen molar-refractivity contribution in [1.82, 2.24) is 15.5 Å². The normalized spacial score (nSPS) is 25.9. The fourth-order valence-corrected chi connectivity index (χ4v) is 2.01. The number of hydrogen-bond acceptors (Lipinski definition) is 3. The molecule has 0 saturated carbocycles. The monoisotopic (exact) mass is 199 g/mol. The van der Waals surface area contributed by atoms with Crippen LogP contribution in [0.25, 0.3) is 0 Å². The zero-order chi connectivity index (χ0) is 10.6. The second-order valence-electron chi connectivity index (χ2n) is 5.28. The van der Waals surface area contributed by atoms with Gasteiger partial charge in [0, 0.05) is 18.1 Å². The van der Waals surface area contributed by atoms with E-state index in [1.54, 1.807) is 0 Å². The third-order valence-corrected chi connectivity index (χ3v) is 2.80. The van der Waals surface area contributed by atoms with Gasteiger partial charge in [-0.2, -0.15) is 0 Å². The van der Waals surface area contributed by atoms with Crippen LogP contribution in [0.15, 0.2) is 0 Å². The van der Waals surface area contributed by atoms with Gasteiger partial charge in [-0.15, -0.1) is 0 Å². The minimum absolute atomic E-state index is 0.333. The van der Waals surface area contributed by atoms with E-state index >= 15 is 0 Å². The highest BCUT2D eigenvalue weighted by molar-refractivity contribution is 4.92. The van der Waals surface area contributed by atoms with Crippen molar-refractivity contribution in [3.8, 4) is 0 Å². The molecular weight excluding hydrogens is 174 g/mol. The van der Waals surface area contributed by atoms with Crippen LogP contribution < -0.4 is 10.6 Å². The molecule has 0 radical (unpaired) electrons. The van der Waals surface area contributed by atoms with Crippen molar-refractivity contribution in [2.45, 2.75) is 38.3 Å². The molecule has 84 valence electrons. The summed E-state index contributed by atoms with van der Waals surface area (Å²) in [4.78, 5) is 2.23. The van der Waals surface area contributed by atoms with Crippen molar-refractivity contribution in [3.05, 3.63) is 0 Å². The van der Waals surface area contributed by atoms with Gasteiger partial charge in [0.15, 0.2) is 0 Å². The predicted molar refractivity (Wildman–Crippen MR) is 61.7 cm³/mol. The van der Waals surface area contributed by atoms with E-state index in [-0.39, 0.29) is 0 Å².